The monoisotopic (exact) mass is 359 g/mol. The number of ether oxygens (including phenoxy) is 2. The number of benzene rings is 2. The van der Waals surface area contributed by atoms with Crippen molar-refractivity contribution in [1.29, 1.82) is 0 Å². The van der Waals surface area contributed by atoms with Gasteiger partial charge in [-0.15, -0.1) is 0 Å². The molecule has 1 heterocycles. The second-order valence-corrected chi connectivity index (χ2v) is 5.66. The molecule has 0 N–H and O–H groups in total. The van der Waals surface area contributed by atoms with Gasteiger partial charge in [0.05, 0.1) is 13.2 Å². The van der Waals surface area contributed by atoms with Crippen molar-refractivity contribution in [2.24, 2.45) is 0 Å². The lowest BCUT2D eigenvalue weighted by Gasteiger charge is -2.12. The Kier molecular flexibility index (Phi) is 5.43. The Morgan fingerprint density at radius 2 is 1.96 bits per heavy atom. The summed E-state index contributed by atoms with van der Waals surface area (Å²) in [5.74, 6) is 0.406. The molecule has 0 saturated heterocycles. The molecule has 0 fully saturated rings. The molecular weight excluding hydrogens is 342 g/mol. The number of carbonyl (C=O) groups is 1. The van der Waals surface area contributed by atoms with Gasteiger partial charge >= 0.3 is 5.97 Å². The number of aromatic nitrogens is 2. The maximum atomic E-state index is 12.3. The topological polar surface area (TPSA) is 65.7 Å². The molecule has 0 unspecified atom stereocenters. The van der Waals surface area contributed by atoms with Crippen molar-refractivity contribution in [3.05, 3.63) is 77.3 Å². The van der Waals surface area contributed by atoms with Crippen molar-refractivity contribution in [2.75, 3.05) is 6.61 Å². The van der Waals surface area contributed by atoms with Crippen LogP contribution in [0, 0.1) is 13.5 Å². The molecule has 0 saturated carbocycles. The third kappa shape index (κ3) is 4.10. The minimum Gasteiger partial charge on any atom is -0.462 e. The van der Waals surface area contributed by atoms with Crippen LogP contribution in [0.4, 0.5) is 5.69 Å². The highest BCUT2D eigenvalue weighted by Gasteiger charge is 2.19. The molecular formula is C21H17N3O3. The Bertz CT molecular complexity index is 1010. The van der Waals surface area contributed by atoms with Gasteiger partial charge in [0.15, 0.2) is 11.5 Å². The van der Waals surface area contributed by atoms with E-state index < -0.39 is 5.97 Å². The van der Waals surface area contributed by atoms with Gasteiger partial charge in [-0.05, 0) is 25.5 Å². The normalized spacial score (nSPS) is 10.1. The SMILES string of the molecule is [C-]#[N+]c1ccc(C)c(Oc2nc(-c3ccccc3)ncc2C(=O)OCC)c1. The van der Waals surface area contributed by atoms with Crippen molar-refractivity contribution >= 4 is 11.7 Å². The van der Waals surface area contributed by atoms with Crippen LogP contribution in [0.25, 0.3) is 16.2 Å². The van der Waals surface area contributed by atoms with E-state index in [1.807, 2.05) is 37.3 Å². The highest BCUT2D eigenvalue weighted by molar-refractivity contribution is 5.92. The van der Waals surface area contributed by atoms with E-state index in [-0.39, 0.29) is 18.1 Å². The van der Waals surface area contributed by atoms with E-state index in [0.717, 1.165) is 11.1 Å². The summed E-state index contributed by atoms with van der Waals surface area (Å²) in [6, 6.07) is 14.5. The molecule has 0 bridgehead atoms. The van der Waals surface area contributed by atoms with Gasteiger partial charge in [0.1, 0.15) is 11.3 Å². The summed E-state index contributed by atoms with van der Waals surface area (Å²) < 4.78 is 11.0. The Hall–Kier alpha value is -3.72. The van der Waals surface area contributed by atoms with E-state index in [1.165, 1.54) is 6.20 Å². The molecule has 0 amide bonds. The van der Waals surface area contributed by atoms with Crippen molar-refractivity contribution in [3.8, 4) is 23.0 Å². The fourth-order valence-corrected chi connectivity index (χ4v) is 2.39. The number of carbonyl (C=O) groups excluding carboxylic acids is 1. The second-order valence-electron chi connectivity index (χ2n) is 5.66. The quantitative estimate of drug-likeness (QED) is 0.475. The van der Waals surface area contributed by atoms with Crippen molar-refractivity contribution in [2.45, 2.75) is 13.8 Å². The van der Waals surface area contributed by atoms with Gasteiger partial charge in [-0.1, -0.05) is 42.5 Å². The summed E-state index contributed by atoms with van der Waals surface area (Å²) in [5.41, 5.74) is 2.18. The van der Waals surface area contributed by atoms with E-state index in [0.29, 0.717) is 17.3 Å². The molecule has 2 aromatic carbocycles. The molecule has 3 rings (SSSR count). The summed E-state index contributed by atoms with van der Waals surface area (Å²) in [7, 11) is 0. The molecule has 0 atom stereocenters. The fraction of sp³-hybridized carbons (Fsp3) is 0.143. The first-order valence-electron chi connectivity index (χ1n) is 8.38. The predicted molar refractivity (Wildman–Crippen MR) is 101 cm³/mol. The van der Waals surface area contributed by atoms with Gasteiger partial charge in [-0.2, -0.15) is 4.98 Å². The molecule has 134 valence electrons. The molecule has 0 aliphatic heterocycles. The number of hydrogen-bond donors (Lipinski definition) is 0. The lowest BCUT2D eigenvalue weighted by molar-refractivity contribution is 0.0522. The second kappa shape index (κ2) is 8.11. The zero-order valence-electron chi connectivity index (χ0n) is 15.0. The highest BCUT2D eigenvalue weighted by atomic mass is 16.5. The van der Waals surface area contributed by atoms with Crippen LogP contribution in [-0.2, 0) is 4.74 Å². The number of aryl methyl sites for hydroxylation is 1. The van der Waals surface area contributed by atoms with Gasteiger partial charge in [-0.3, -0.25) is 0 Å². The van der Waals surface area contributed by atoms with Crippen LogP contribution in [-0.4, -0.2) is 22.5 Å². The van der Waals surface area contributed by atoms with Crippen molar-refractivity contribution < 1.29 is 14.3 Å². The zero-order valence-corrected chi connectivity index (χ0v) is 15.0. The van der Waals surface area contributed by atoms with Crippen LogP contribution in [0.3, 0.4) is 0 Å². The molecule has 0 aliphatic carbocycles. The molecule has 1 aromatic heterocycles. The first-order valence-corrected chi connectivity index (χ1v) is 8.38. The largest absolute Gasteiger partial charge is 0.462 e. The van der Waals surface area contributed by atoms with Gasteiger partial charge < -0.3 is 9.47 Å². The number of esters is 1. The third-order valence-corrected chi connectivity index (χ3v) is 3.79. The predicted octanol–water partition coefficient (Wildman–Crippen LogP) is 4.97. The summed E-state index contributed by atoms with van der Waals surface area (Å²) in [6.07, 6.45) is 1.40. The average Bonchev–Trinajstić information content (AvgIpc) is 2.70. The number of hydrogen-bond acceptors (Lipinski definition) is 5. The summed E-state index contributed by atoms with van der Waals surface area (Å²) in [6.45, 7) is 11.0. The highest BCUT2D eigenvalue weighted by Crippen LogP contribution is 2.31. The van der Waals surface area contributed by atoms with Gasteiger partial charge in [-0.25, -0.2) is 14.6 Å². The summed E-state index contributed by atoms with van der Waals surface area (Å²) >= 11 is 0. The van der Waals surface area contributed by atoms with E-state index in [2.05, 4.69) is 14.8 Å². The standard InChI is InChI=1S/C21H17N3O3/c1-4-26-21(25)17-13-23-19(15-8-6-5-7-9-15)24-20(17)27-18-12-16(22-3)11-10-14(18)2/h5-13H,4H2,1-2H3. The number of rotatable bonds is 5. The lowest BCUT2D eigenvalue weighted by Crippen LogP contribution is -2.09. The molecule has 3 aromatic rings. The van der Waals surface area contributed by atoms with Gasteiger partial charge in [0.2, 0.25) is 5.88 Å². The lowest BCUT2D eigenvalue weighted by atomic mass is 10.2. The molecule has 0 aliphatic rings. The van der Waals surface area contributed by atoms with Crippen LogP contribution in [0.15, 0.2) is 54.7 Å². The average molecular weight is 359 g/mol. The molecule has 6 heteroatoms. The molecule has 0 spiro atoms. The zero-order chi connectivity index (χ0) is 19.2. The van der Waals surface area contributed by atoms with Crippen LogP contribution in [0.5, 0.6) is 11.6 Å². The maximum absolute atomic E-state index is 12.3. The molecule has 6 nitrogen and oxygen atoms in total. The summed E-state index contributed by atoms with van der Waals surface area (Å²) in [5, 5.41) is 0. The Balaban J connectivity index is 2.07. The minimum absolute atomic E-state index is 0.0903. The summed E-state index contributed by atoms with van der Waals surface area (Å²) in [4.78, 5) is 24.4. The van der Waals surface area contributed by atoms with Crippen LogP contribution in [0.1, 0.15) is 22.8 Å². The van der Waals surface area contributed by atoms with Gasteiger partial charge in [0, 0.05) is 11.8 Å². The van der Waals surface area contributed by atoms with Crippen molar-refractivity contribution in [1.82, 2.24) is 9.97 Å². The smallest absolute Gasteiger partial charge is 0.345 e. The first kappa shape index (κ1) is 18.1. The van der Waals surface area contributed by atoms with Crippen molar-refractivity contribution in [3.63, 3.8) is 0 Å². The van der Waals surface area contributed by atoms with Gasteiger partial charge in [0.25, 0.3) is 0 Å². The van der Waals surface area contributed by atoms with Crippen LogP contribution in [0.2, 0.25) is 0 Å². The van der Waals surface area contributed by atoms with Crippen LogP contribution >= 0.6 is 0 Å². The Labute approximate surface area is 157 Å². The van der Waals surface area contributed by atoms with E-state index in [9.17, 15) is 4.79 Å². The maximum Gasteiger partial charge on any atom is 0.345 e. The van der Waals surface area contributed by atoms with E-state index in [4.69, 9.17) is 16.0 Å². The van der Waals surface area contributed by atoms with E-state index >= 15 is 0 Å². The number of nitrogens with zero attached hydrogens (tertiary/aromatic N) is 3. The van der Waals surface area contributed by atoms with Crippen LogP contribution < -0.4 is 4.74 Å². The fourth-order valence-electron chi connectivity index (χ4n) is 2.39. The molecule has 27 heavy (non-hydrogen) atoms. The molecule has 0 radical (unpaired) electrons. The Morgan fingerprint density at radius 1 is 1.19 bits per heavy atom. The first-order chi connectivity index (χ1) is 13.1. The third-order valence-electron chi connectivity index (χ3n) is 3.79. The minimum atomic E-state index is -0.564. The Morgan fingerprint density at radius 3 is 2.67 bits per heavy atom. The van der Waals surface area contributed by atoms with E-state index in [1.54, 1.807) is 25.1 Å².